The first-order valence-electron chi connectivity index (χ1n) is 3.64. The lowest BCUT2D eigenvalue weighted by Crippen LogP contribution is -2.20. The third-order valence-corrected chi connectivity index (χ3v) is 1.78. The van der Waals surface area contributed by atoms with Crippen molar-refractivity contribution in [3.63, 3.8) is 0 Å². The number of aromatic amines is 1. The van der Waals surface area contributed by atoms with Gasteiger partial charge in [-0.15, -0.1) is 0 Å². The molecule has 1 aromatic heterocycles. The van der Waals surface area contributed by atoms with Crippen molar-refractivity contribution in [3.05, 3.63) is 27.2 Å². The van der Waals surface area contributed by atoms with Gasteiger partial charge in [0.15, 0.2) is 0 Å². The monoisotopic (exact) mass is 193 g/mol. The third kappa shape index (κ3) is 1.31. The Morgan fingerprint density at radius 2 is 2.21 bits per heavy atom. The number of rotatable bonds is 1. The fourth-order valence-corrected chi connectivity index (χ4v) is 1.06. The number of aryl methyl sites for hydroxylation is 1. The van der Waals surface area contributed by atoms with Crippen LogP contribution in [0.1, 0.15) is 21.6 Å². The summed E-state index contributed by atoms with van der Waals surface area (Å²) in [6, 6.07) is 1.51. The van der Waals surface area contributed by atoms with E-state index in [9.17, 15) is 9.59 Å². The molecule has 0 spiro atoms. The van der Waals surface area contributed by atoms with Crippen LogP contribution in [0.3, 0.4) is 0 Å². The van der Waals surface area contributed by atoms with Gasteiger partial charge < -0.3 is 15.8 Å². The maximum atomic E-state index is 11.2. The van der Waals surface area contributed by atoms with E-state index in [1.54, 1.807) is 0 Å². The first kappa shape index (κ1) is 9.80. The second-order valence-electron chi connectivity index (χ2n) is 2.66. The molecule has 1 aromatic rings. The van der Waals surface area contributed by atoms with Crippen LogP contribution in [0.4, 0.5) is 5.69 Å². The highest BCUT2D eigenvalue weighted by molar-refractivity contribution is 5.96. The van der Waals surface area contributed by atoms with Crippen molar-refractivity contribution in [1.82, 2.24) is 4.98 Å². The number of anilines is 1. The van der Waals surface area contributed by atoms with Crippen LogP contribution in [0.2, 0.25) is 0 Å². The van der Waals surface area contributed by atoms with Gasteiger partial charge in [-0.3, -0.25) is 4.79 Å². The van der Waals surface area contributed by atoms with Crippen LogP contribution in [0.5, 0.6) is 0 Å². The summed E-state index contributed by atoms with van der Waals surface area (Å²) in [6.45, 7) is 1.46. The molecule has 0 saturated carbocycles. The van der Waals surface area contributed by atoms with E-state index in [1.807, 2.05) is 0 Å². The number of H-pyrrole nitrogens is 1. The number of pyridine rings is 1. The standard InChI is InChI=1S/C8H7N3O3/c1-3-6(10)5(8(13)14)4(2-9)7(12)11-3/h10H2,1H3,(H,11,12)(H,13,14). The molecule has 0 aromatic carbocycles. The number of hydrogen-bond donors (Lipinski definition) is 3. The molecule has 0 unspecified atom stereocenters. The van der Waals surface area contributed by atoms with E-state index in [0.29, 0.717) is 0 Å². The van der Waals surface area contributed by atoms with Crippen molar-refractivity contribution in [1.29, 1.82) is 5.26 Å². The number of nitrogens with two attached hydrogens (primary N) is 1. The highest BCUT2D eigenvalue weighted by Crippen LogP contribution is 2.15. The predicted octanol–water partition coefficient (Wildman–Crippen LogP) is -0.165. The van der Waals surface area contributed by atoms with Crippen LogP contribution < -0.4 is 11.3 Å². The lowest BCUT2D eigenvalue weighted by molar-refractivity contribution is 0.0697. The maximum Gasteiger partial charge on any atom is 0.339 e. The van der Waals surface area contributed by atoms with Gasteiger partial charge in [0.05, 0.1) is 5.69 Å². The summed E-state index contributed by atoms with van der Waals surface area (Å²) >= 11 is 0. The fourth-order valence-electron chi connectivity index (χ4n) is 1.06. The van der Waals surface area contributed by atoms with Crippen molar-refractivity contribution in [3.8, 4) is 6.07 Å². The molecule has 1 rings (SSSR count). The molecule has 0 aliphatic carbocycles. The number of aromatic carboxylic acids is 1. The van der Waals surface area contributed by atoms with Gasteiger partial charge in [-0.25, -0.2) is 4.79 Å². The van der Waals surface area contributed by atoms with E-state index in [0.717, 1.165) is 0 Å². The van der Waals surface area contributed by atoms with Crippen LogP contribution in [-0.2, 0) is 0 Å². The zero-order chi connectivity index (χ0) is 10.9. The maximum absolute atomic E-state index is 11.2. The second kappa shape index (κ2) is 3.22. The Kier molecular flexibility index (Phi) is 2.25. The normalized spacial score (nSPS) is 9.43. The molecule has 0 saturated heterocycles. The highest BCUT2D eigenvalue weighted by Gasteiger charge is 2.19. The molecule has 0 fully saturated rings. The van der Waals surface area contributed by atoms with Crippen LogP contribution in [0, 0.1) is 18.3 Å². The largest absolute Gasteiger partial charge is 0.478 e. The summed E-state index contributed by atoms with van der Waals surface area (Å²) in [5.41, 5.74) is 3.93. The molecule has 0 amide bonds. The molecule has 14 heavy (non-hydrogen) atoms. The zero-order valence-corrected chi connectivity index (χ0v) is 7.29. The lowest BCUT2D eigenvalue weighted by atomic mass is 10.1. The van der Waals surface area contributed by atoms with E-state index in [4.69, 9.17) is 16.1 Å². The van der Waals surface area contributed by atoms with Gasteiger partial charge in [-0.1, -0.05) is 0 Å². The predicted molar refractivity (Wildman–Crippen MR) is 47.9 cm³/mol. The molecule has 6 heteroatoms. The molecule has 0 radical (unpaired) electrons. The fraction of sp³-hybridized carbons (Fsp3) is 0.125. The summed E-state index contributed by atoms with van der Waals surface area (Å²) in [5, 5.41) is 17.3. The van der Waals surface area contributed by atoms with Crippen molar-refractivity contribution < 1.29 is 9.90 Å². The number of hydrogen-bond acceptors (Lipinski definition) is 4. The smallest absolute Gasteiger partial charge is 0.339 e. The number of carboxylic acids is 1. The minimum atomic E-state index is -1.38. The number of nitrogen functional groups attached to an aromatic ring is 1. The van der Waals surface area contributed by atoms with Crippen molar-refractivity contribution in [2.45, 2.75) is 6.92 Å². The number of carboxylic acid groups (broad SMARTS) is 1. The third-order valence-electron chi connectivity index (χ3n) is 1.78. The molecule has 6 nitrogen and oxygen atoms in total. The van der Waals surface area contributed by atoms with E-state index in [2.05, 4.69) is 4.98 Å². The Morgan fingerprint density at radius 1 is 1.64 bits per heavy atom. The van der Waals surface area contributed by atoms with Crippen LogP contribution >= 0.6 is 0 Å². The number of nitrogens with one attached hydrogen (secondary N) is 1. The summed E-state index contributed by atoms with van der Waals surface area (Å²) < 4.78 is 0. The molecule has 0 atom stereocenters. The average molecular weight is 193 g/mol. The van der Waals surface area contributed by atoms with E-state index in [1.165, 1.54) is 13.0 Å². The van der Waals surface area contributed by atoms with Crippen molar-refractivity contribution in [2.75, 3.05) is 5.73 Å². The van der Waals surface area contributed by atoms with Gasteiger partial charge in [-0.2, -0.15) is 5.26 Å². The molecule has 0 aliphatic heterocycles. The topological polar surface area (TPSA) is 120 Å². The zero-order valence-electron chi connectivity index (χ0n) is 7.29. The summed E-state index contributed by atoms with van der Waals surface area (Å²) in [4.78, 5) is 24.2. The first-order valence-corrected chi connectivity index (χ1v) is 3.64. The van der Waals surface area contributed by atoms with Gasteiger partial charge in [0.1, 0.15) is 17.2 Å². The summed E-state index contributed by atoms with van der Waals surface area (Å²) in [7, 11) is 0. The van der Waals surface area contributed by atoms with Gasteiger partial charge in [0.2, 0.25) is 0 Å². The highest BCUT2D eigenvalue weighted by atomic mass is 16.4. The van der Waals surface area contributed by atoms with Crippen molar-refractivity contribution >= 4 is 11.7 Å². The van der Waals surface area contributed by atoms with E-state index in [-0.39, 0.29) is 11.4 Å². The second-order valence-corrected chi connectivity index (χ2v) is 2.66. The number of carbonyl (C=O) groups is 1. The van der Waals surface area contributed by atoms with Gasteiger partial charge in [0.25, 0.3) is 5.56 Å². The van der Waals surface area contributed by atoms with Crippen LogP contribution in [-0.4, -0.2) is 16.1 Å². The first-order chi connectivity index (χ1) is 6.49. The van der Waals surface area contributed by atoms with Gasteiger partial charge in [0, 0.05) is 5.69 Å². The van der Waals surface area contributed by atoms with E-state index >= 15 is 0 Å². The van der Waals surface area contributed by atoms with Crippen LogP contribution in [0.15, 0.2) is 4.79 Å². The Morgan fingerprint density at radius 3 is 2.64 bits per heavy atom. The molecule has 4 N–H and O–H groups in total. The summed E-state index contributed by atoms with van der Waals surface area (Å²) in [5.74, 6) is -1.38. The number of nitrogens with zero attached hydrogens (tertiary/aromatic N) is 1. The number of nitriles is 1. The van der Waals surface area contributed by atoms with Crippen LogP contribution in [0.25, 0.3) is 0 Å². The minimum absolute atomic E-state index is 0.0892. The van der Waals surface area contributed by atoms with Gasteiger partial charge >= 0.3 is 5.97 Å². The molecular weight excluding hydrogens is 186 g/mol. The summed E-state index contributed by atoms with van der Waals surface area (Å²) in [6.07, 6.45) is 0. The SMILES string of the molecule is Cc1[nH]c(=O)c(C#N)c(C(=O)O)c1N. The molecule has 72 valence electrons. The lowest BCUT2D eigenvalue weighted by Gasteiger charge is -2.04. The Bertz CT molecular complexity index is 496. The van der Waals surface area contributed by atoms with Gasteiger partial charge in [-0.05, 0) is 6.92 Å². The van der Waals surface area contributed by atoms with Crippen molar-refractivity contribution in [2.24, 2.45) is 0 Å². The molecule has 0 aliphatic rings. The number of aromatic nitrogens is 1. The quantitative estimate of drug-likeness (QED) is 0.572. The Balaban J connectivity index is 3.77. The van der Waals surface area contributed by atoms with E-state index < -0.39 is 22.7 Å². The average Bonchev–Trinajstić information content (AvgIpc) is 2.10. The minimum Gasteiger partial charge on any atom is -0.478 e. The molecule has 1 heterocycles. The molecular formula is C8H7N3O3. The molecule has 0 bridgehead atoms. The Labute approximate surface area is 78.6 Å². The Hall–Kier alpha value is -2.29.